The number of furan rings is 1. The first-order chi connectivity index (χ1) is 26.8. The van der Waals surface area contributed by atoms with Crippen LogP contribution in [0, 0.1) is 17.7 Å². The van der Waals surface area contributed by atoms with Crippen LogP contribution in [0.3, 0.4) is 0 Å². The molecule has 4 amide bonds. The number of benzene rings is 2. The molecule has 18 nitrogen and oxygen atoms in total. The van der Waals surface area contributed by atoms with Crippen molar-refractivity contribution in [3.05, 3.63) is 75.9 Å². The molecule has 300 valence electrons. The average molecular weight is 780 g/mol. The van der Waals surface area contributed by atoms with Crippen LogP contribution < -0.4 is 20.7 Å². The Labute approximate surface area is 321 Å². The Hall–Kier alpha value is -6.59. The van der Waals surface area contributed by atoms with Crippen molar-refractivity contribution in [1.29, 1.82) is 0 Å². The largest absolute Gasteiger partial charge is 0.493 e. The summed E-state index contributed by atoms with van der Waals surface area (Å²) in [4.78, 5) is 103. The molecule has 0 fully saturated rings. The van der Waals surface area contributed by atoms with Crippen LogP contribution >= 0.6 is 0 Å². The molecule has 2 aromatic carbocycles. The van der Waals surface area contributed by atoms with E-state index in [2.05, 4.69) is 21.1 Å². The molecule has 56 heavy (non-hydrogen) atoms. The molecule has 0 bridgehead atoms. The van der Waals surface area contributed by atoms with Crippen molar-refractivity contribution in [1.82, 2.24) is 21.0 Å². The lowest BCUT2D eigenvalue weighted by Crippen LogP contribution is -2.49. The van der Waals surface area contributed by atoms with E-state index in [0.717, 1.165) is 17.9 Å². The second kappa shape index (κ2) is 21.3. The zero-order valence-electron chi connectivity index (χ0n) is 31.4. The summed E-state index contributed by atoms with van der Waals surface area (Å²) in [5.41, 5.74) is 0.965. The van der Waals surface area contributed by atoms with Crippen molar-refractivity contribution in [2.45, 2.75) is 78.3 Å². The van der Waals surface area contributed by atoms with E-state index < -0.39 is 60.1 Å². The smallest absolute Gasteiger partial charge is 0.363 e. The van der Waals surface area contributed by atoms with Gasteiger partial charge in [0.25, 0.3) is 11.8 Å². The topological polar surface area (TPSA) is 260 Å². The number of carbonyl (C=O) groups excluding carboxylic acids is 5. The monoisotopic (exact) mass is 779 g/mol. The first-order valence-electron chi connectivity index (χ1n) is 17.9. The summed E-state index contributed by atoms with van der Waals surface area (Å²) in [6.45, 7) is 6.78. The van der Waals surface area contributed by atoms with Crippen molar-refractivity contribution in [3.8, 4) is 17.1 Å². The Morgan fingerprint density at radius 2 is 1.66 bits per heavy atom. The normalized spacial score (nSPS) is 12.3. The molecule has 0 aliphatic heterocycles. The third-order valence-corrected chi connectivity index (χ3v) is 8.63. The molecule has 0 radical (unpaired) electrons. The molecule has 0 aliphatic rings. The molecule has 3 aromatic rings. The van der Waals surface area contributed by atoms with Crippen LogP contribution in [-0.2, 0) is 24.0 Å². The Bertz CT molecular complexity index is 1910. The standard InChI is InChI=1S/C38H45N5O13/c1-5-8-9-10-26(29(6-2)43(21-44)56-38(52)25-14-12-24(42-53)17-22(25)4)34(47)39-20-40-36(49)31-16-15-30(55-31)23-11-13-27(32(18-23)54-7-3)35(48)41-28(37(50)51)19-33(45)46/h11-18,21,26,28-29H,5-10,19-20H2,1-4H3,(H,39,47)(H,40,49)(H,41,48)(H,45,46)(H,50,51)/t26-,28+,29-/m1/s1. The van der Waals surface area contributed by atoms with Crippen molar-refractivity contribution < 1.29 is 57.8 Å². The van der Waals surface area contributed by atoms with Gasteiger partial charge in [-0.1, -0.05) is 39.2 Å². The highest BCUT2D eigenvalue weighted by Gasteiger charge is 2.34. The third kappa shape index (κ3) is 12.0. The second-order valence-electron chi connectivity index (χ2n) is 12.5. The van der Waals surface area contributed by atoms with Gasteiger partial charge in [0.1, 0.15) is 23.2 Å². The quantitative estimate of drug-likeness (QED) is 0.0287. The first kappa shape index (κ1) is 43.8. The van der Waals surface area contributed by atoms with Crippen molar-refractivity contribution >= 4 is 47.7 Å². The molecule has 1 heterocycles. The summed E-state index contributed by atoms with van der Waals surface area (Å²) < 4.78 is 11.3. The number of nitroso groups, excluding NO2 is 1. The van der Waals surface area contributed by atoms with Crippen molar-refractivity contribution in [2.75, 3.05) is 13.3 Å². The molecule has 1 aromatic heterocycles. The van der Waals surface area contributed by atoms with E-state index in [4.69, 9.17) is 19.1 Å². The maximum Gasteiger partial charge on any atom is 0.363 e. The zero-order valence-corrected chi connectivity index (χ0v) is 31.4. The number of ether oxygens (including phenoxy) is 1. The Balaban J connectivity index is 1.70. The van der Waals surface area contributed by atoms with Crippen LogP contribution in [0.2, 0.25) is 0 Å². The number of hydrogen-bond donors (Lipinski definition) is 5. The molecule has 3 atom stereocenters. The van der Waals surface area contributed by atoms with Crippen molar-refractivity contribution in [2.24, 2.45) is 11.1 Å². The molecule has 0 unspecified atom stereocenters. The van der Waals surface area contributed by atoms with E-state index >= 15 is 0 Å². The number of amides is 4. The zero-order chi connectivity index (χ0) is 41.4. The number of carbonyl (C=O) groups is 7. The summed E-state index contributed by atoms with van der Waals surface area (Å²) in [7, 11) is 0. The van der Waals surface area contributed by atoms with Crippen molar-refractivity contribution in [3.63, 3.8) is 0 Å². The fourth-order valence-electron chi connectivity index (χ4n) is 5.79. The third-order valence-electron chi connectivity index (χ3n) is 8.63. The van der Waals surface area contributed by atoms with Crippen LogP contribution in [0.5, 0.6) is 5.75 Å². The number of hydrogen-bond acceptors (Lipinski definition) is 12. The Morgan fingerprint density at radius 1 is 0.929 bits per heavy atom. The molecule has 3 rings (SSSR count). The van der Waals surface area contributed by atoms with Crippen LogP contribution in [0.25, 0.3) is 11.3 Å². The summed E-state index contributed by atoms with van der Waals surface area (Å²) >= 11 is 0. The van der Waals surface area contributed by atoms with E-state index in [0.29, 0.717) is 30.4 Å². The number of aryl methyl sites for hydroxylation is 1. The fraction of sp³-hybridized carbons (Fsp3) is 0.395. The molecule has 0 spiro atoms. The number of hydroxylamine groups is 2. The molecule has 0 aliphatic carbocycles. The van der Waals surface area contributed by atoms with Crippen LogP contribution in [0.1, 0.15) is 96.1 Å². The van der Waals surface area contributed by atoms with Gasteiger partial charge in [-0.05, 0) is 79.9 Å². The van der Waals surface area contributed by atoms with Gasteiger partial charge in [0, 0.05) is 5.56 Å². The first-order valence-corrected chi connectivity index (χ1v) is 17.9. The van der Waals surface area contributed by atoms with E-state index in [1.807, 2.05) is 6.92 Å². The van der Waals surface area contributed by atoms with E-state index in [9.17, 15) is 43.6 Å². The summed E-state index contributed by atoms with van der Waals surface area (Å²) in [6, 6.07) is 8.70. The van der Waals surface area contributed by atoms with Crippen LogP contribution in [-0.4, -0.2) is 82.7 Å². The van der Waals surface area contributed by atoms with Gasteiger partial charge in [-0.15, -0.1) is 4.91 Å². The van der Waals surface area contributed by atoms with Gasteiger partial charge >= 0.3 is 17.9 Å². The lowest BCUT2D eigenvalue weighted by molar-refractivity contribution is -0.171. The second-order valence-corrected chi connectivity index (χ2v) is 12.5. The van der Waals surface area contributed by atoms with Gasteiger partial charge in [0.2, 0.25) is 12.3 Å². The Morgan fingerprint density at radius 3 is 2.27 bits per heavy atom. The highest BCUT2D eigenvalue weighted by atomic mass is 16.7. The van der Waals surface area contributed by atoms with E-state index in [1.165, 1.54) is 48.5 Å². The van der Waals surface area contributed by atoms with E-state index in [-0.39, 0.29) is 53.8 Å². The van der Waals surface area contributed by atoms with Gasteiger partial charge in [0.15, 0.2) is 5.76 Å². The predicted molar refractivity (Wildman–Crippen MR) is 199 cm³/mol. The van der Waals surface area contributed by atoms with Crippen LogP contribution in [0.15, 0.2) is 58.1 Å². The number of nitrogens with zero attached hydrogens (tertiary/aromatic N) is 2. The fourth-order valence-corrected chi connectivity index (χ4v) is 5.79. The molecular formula is C38H45N5O13. The minimum atomic E-state index is -1.68. The minimum Gasteiger partial charge on any atom is -0.493 e. The maximum absolute atomic E-state index is 13.5. The lowest BCUT2D eigenvalue weighted by atomic mass is 9.90. The average Bonchev–Trinajstić information content (AvgIpc) is 3.67. The SMILES string of the molecule is CCCCC[C@@H](C(=O)NCNC(=O)c1ccc(-c2ccc(C(=O)N[C@@H](CC(=O)O)C(=O)O)c(OCC)c2)o1)[C@@H](CC)N(C=O)OC(=O)c1ccc(N=O)cc1C. The van der Waals surface area contributed by atoms with Crippen LogP contribution in [0.4, 0.5) is 5.69 Å². The highest BCUT2D eigenvalue weighted by Crippen LogP contribution is 2.30. The number of carboxylic acids is 2. The predicted octanol–water partition coefficient (Wildman–Crippen LogP) is 4.72. The van der Waals surface area contributed by atoms with Gasteiger partial charge in [-0.2, -0.15) is 5.06 Å². The number of rotatable bonds is 23. The summed E-state index contributed by atoms with van der Waals surface area (Å²) in [5, 5.41) is 29.3. The van der Waals surface area contributed by atoms with Gasteiger partial charge in [-0.25, -0.2) is 9.59 Å². The number of aliphatic carboxylic acids is 2. The molecule has 5 N–H and O–H groups in total. The number of carboxylic acid groups (broad SMARTS) is 2. The summed E-state index contributed by atoms with van der Waals surface area (Å²) in [5.74, 6) is -6.53. The van der Waals surface area contributed by atoms with Gasteiger partial charge in [-0.3, -0.25) is 24.0 Å². The highest BCUT2D eigenvalue weighted by molar-refractivity contribution is 6.00. The number of unbranched alkanes of at least 4 members (excludes halogenated alkanes) is 2. The Kier molecular flexibility index (Phi) is 16.7. The minimum absolute atomic E-state index is 0.0507. The van der Waals surface area contributed by atoms with Gasteiger partial charge < -0.3 is 40.2 Å². The summed E-state index contributed by atoms with van der Waals surface area (Å²) in [6.07, 6.45) is 2.38. The lowest BCUT2D eigenvalue weighted by Gasteiger charge is -2.32. The maximum atomic E-state index is 13.5. The molecule has 18 heteroatoms. The number of nitrogens with one attached hydrogen (secondary N) is 3. The molecular weight excluding hydrogens is 734 g/mol. The van der Waals surface area contributed by atoms with Gasteiger partial charge in [0.05, 0.1) is 42.8 Å². The van der Waals surface area contributed by atoms with E-state index in [1.54, 1.807) is 20.8 Å². The molecule has 0 saturated heterocycles. The molecule has 0 saturated carbocycles.